The molecular formula is C11H14O3S. The van der Waals surface area contributed by atoms with Gasteiger partial charge in [-0.2, -0.15) is 0 Å². The largest absolute Gasteiger partial charge is 0.481 e. The van der Waals surface area contributed by atoms with Gasteiger partial charge in [-0.15, -0.1) is 11.8 Å². The second kappa shape index (κ2) is 5.78. The molecule has 0 radical (unpaired) electrons. The summed E-state index contributed by atoms with van der Waals surface area (Å²) in [6, 6.07) is 7.47. The fraction of sp³-hybridized carbons (Fsp3) is 0.364. The number of aliphatic carboxylic acids is 1. The molecule has 0 amide bonds. The van der Waals surface area contributed by atoms with Gasteiger partial charge in [0.15, 0.2) is 0 Å². The van der Waals surface area contributed by atoms with Crippen LogP contribution in [-0.2, 0) is 11.4 Å². The van der Waals surface area contributed by atoms with Gasteiger partial charge in [-0.05, 0) is 17.7 Å². The lowest BCUT2D eigenvalue weighted by molar-refractivity contribution is -0.140. The van der Waals surface area contributed by atoms with E-state index in [-0.39, 0.29) is 12.5 Å². The first-order chi connectivity index (χ1) is 7.13. The van der Waals surface area contributed by atoms with Gasteiger partial charge in [0.2, 0.25) is 0 Å². The van der Waals surface area contributed by atoms with E-state index >= 15 is 0 Å². The van der Waals surface area contributed by atoms with Crippen LogP contribution < -0.4 is 0 Å². The Hall–Kier alpha value is -1.00. The van der Waals surface area contributed by atoms with E-state index in [2.05, 4.69) is 0 Å². The summed E-state index contributed by atoms with van der Waals surface area (Å²) in [5, 5.41) is 17.5. The SMILES string of the molecule is CC(CSc1ccc(CO)cc1)C(=O)O. The van der Waals surface area contributed by atoms with Crippen molar-refractivity contribution < 1.29 is 15.0 Å². The van der Waals surface area contributed by atoms with Crippen molar-refractivity contribution in [2.75, 3.05) is 5.75 Å². The summed E-state index contributed by atoms with van der Waals surface area (Å²) in [7, 11) is 0. The molecule has 1 unspecified atom stereocenters. The summed E-state index contributed by atoms with van der Waals surface area (Å²) in [6.07, 6.45) is 0. The zero-order valence-corrected chi connectivity index (χ0v) is 9.33. The van der Waals surface area contributed by atoms with Gasteiger partial charge in [-0.3, -0.25) is 4.79 Å². The highest BCUT2D eigenvalue weighted by atomic mass is 32.2. The first-order valence-electron chi connectivity index (χ1n) is 4.69. The van der Waals surface area contributed by atoms with Gasteiger partial charge in [0, 0.05) is 10.6 Å². The number of benzene rings is 1. The van der Waals surface area contributed by atoms with Crippen LogP contribution in [0.4, 0.5) is 0 Å². The van der Waals surface area contributed by atoms with E-state index in [0.717, 1.165) is 10.5 Å². The lowest BCUT2D eigenvalue weighted by Gasteiger charge is -2.05. The summed E-state index contributed by atoms with van der Waals surface area (Å²) >= 11 is 1.51. The zero-order valence-electron chi connectivity index (χ0n) is 8.51. The quantitative estimate of drug-likeness (QED) is 0.754. The van der Waals surface area contributed by atoms with Crippen molar-refractivity contribution in [1.29, 1.82) is 0 Å². The van der Waals surface area contributed by atoms with Crippen LogP contribution >= 0.6 is 11.8 Å². The van der Waals surface area contributed by atoms with Gasteiger partial charge in [-0.1, -0.05) is 19.1 Å². The van der Waals surface area contributed by atoms with Gasteiger partial charge < -0.3 is 10.2 Å². The van der Waals surface area contributed by atoms with Crippen LogP contribution in [-0.4, -0.2) is 21.9 Å². The third-order valence-electron chi connectivity index (χ3n) is 2.03. The Bertz CT molecular complexity index is 321. The number of hydrogen-bond donors (Lipinski definition) is 2. The molecule has 15 heavy (non-hydrogen) atoms. The summed E-state index contributed by atoms with van der Waals surface area (Å²) in [6.45, 7) is 1.73. The number of rotatable bonds is 5. The highest BCUT2D eigenvalue weighted by Gasteiger charge is 2.10. The third kappa shape index (κ3) is 3.93. The minimum atomic E-state index is -0.769. The Kier molecular flexibility index (Phi) is 4.65. The fourth-order valence-corrected chi connectivity index (χ4v) is 1.90. The molecule has 0 aliphatic heterocycles. The predicted octanol–water partition coefficient (Wildman–Crippen LogP) is 1.99. The number of carboxylic acid groups (broad SMARTS) is 1. The number of aliphatic hydroxyl groups is 1. The molecule has 0 saturated carbocycles. The number of carbonyl (C=O) groups is 1. The Balaban J connectivity index is 2.47. The van der Waals surface area contributed by atoms with Crippen molar-refractivity contribution in [3.8, 4) is 0 Å². The van der Waals surface area contributed by atoms with Crippen LogP contribution in [0.5, 0.6) is 0 Å². The minimum Gasteiger partial charge on any atom is -0.481 e. The molecular weight excluding hydrogens is 212 g/mol. The van der Waals surface area contributed by atoms with E-state index in [9.17, 15) is 4.79 Å². The van der Waals surface area contributed by atoms with Crippen molar-refractivity contribution in [2.24, 2.45) is 5.92 Å². The Morgan fingerprint density at radius 1 is 1.40 bits per heavy atom. The Labute approximate surface area is 93.1 Å². The van der Waals surface area contributed by atoms with Gasteiger partial charge in [0.1, 0.15) is 0 Å². The van der Waals surface area contributed by atoms with E-state index in [1.165, 1.54) is 11.8 Å². The van der Waals surface area contributed by atoms with E-state index in [0.29, 0.717) is 5.75 Å². The molecule has 1 aromatic carbocycles. The monoisotopic (exact) mass is 226 g/mol. The van der Waals surface area contributed by atoms with Crippen LogP contribution in [0.1, 0.15) is 12.5 Å². The average molecular weight is 226 g/mol. The molecule has 2 N–H and O–H groups in total. The van der Waals surface area contributed by atoms with Crippen LogP contribution in [0, 0.1) is 5.92 Å². The smallest absolute Gasteiger partial charge is 0.307 e. The molecule has 1 atom stereocenters. The first kappa shape index (κ1) is 12.1. The summed E-state index contributed by atoms with van der Waals surface area (Å²) < 4.78 is 0. The fourth-order valence-electron chi connectivity index (χ4n) is 0.984. The molecule has 3 nitrogen and oxygen atoms in total. The van der Waals surface area contributed by atoms with E-state index in [1.54, 1.807) is 6.92 Å². The zero-order chi connectivity index (χ0) is 11.3. The van der Waals surface area contributed by atoms with E-state index in [1.807, 2.05) is 24.3 Å². The number of thioether (sulfide) groups is 1. The minimum absolute atomic E-state index is 0.0382. The predicted molar refractivity (Wildman–Crippen MR) is 59.9 cm³/mol. The van der Waals surface area contributed by atoms with Crippen molar-refractivity contribution in [2.45, 2.75) is 18.4 Å². The molecule has 0 heterocycles. The highest BCUT2D eigenvalue weighted by molar-refractivity contribution is 7.99. The molecule has 0 bridgehead atoms. The van der Waals surface area contributed by atoms with Gasteiger partial charge in [0.05, 0.1) is 12.5 Å². The molecule has 4 heteroatoms. The maximum Gasteiger partial charge on any atom is 0.307 e. The number of hydrogen-bond acceptors (Lipinski definition) is 3. The van der Waals surface area contributed by atoms with E-state index < -0.39 is 5.97 Å². The van der Waals surface area contributed by atoms with Crippen LogP contribution in [0.3, 0.4) is 0 Å². The summed E-state index contributed by atoms with van der Waals surface area (Å²) in [5.41, 5.74) is 0.866. The van der Waals surface area contributed by atoms with Crippen LogP contribution in [0.25, 0.3) is 0 Å². The van der Waals surface area contributed by atoms with Gasteiger partial charge in [0.25, 0.3) is 0 Å². The van der Waals surface area contributed by atoms with Crippen molar-refractivity contribution in [3.63, 3.8) is 0 Å². The van der Waals surface area contributed by atoms with Gasteiger partial charge in [-0.25, -0.2) is 0 Å². The second-order valence-corrected chi connectivity index (χ2v) is 4.45. The van der Waals surface area contributed by atoms with Crippen LogP contribution in [0.15, 0.2) is 29.2 Å². The molecule has 0 aliphatic carbocycles. The second-order valence-electron chi connectivity index (χ2n) is 3.35. The summed E-state index contributed by atoms with van der Waals surface area (Å²) in [4.78, 5) is 11.6. The van der Waals surface area contributed by atoms with Gasteiger partial charge >= 0.3 is 5.97 Å². The maximum atomic E-state index is 10.6. The maximum absolute atomic E-state index is 10.6. The standard InChI is InChI=1S/C11H14O3S/c1-8(11(13)14)7-15-10-4-2-9(6-12)3-5-10/h2-5,8,12H,6-7H2,1H3,(H,13,14). The topological polar surface area (TPSA) is 57.5 Å². The van der Waals surface area contributed by atoms with Crippen molar-refractivity contribution >= 4 is 17.7 Å². The summed E-state index contributed by atoms with van der Waals surface area (Å²) in [5.74, 6) is -0.546. The lowest BCUT2D eigenvalue weighted by atomic mass is 10.2. The first-order valence-corrected chi connectivity index (χ1v) is 5.67. The molecule has 0 saturated heterocycles. The van der Waals surface area contributed by atoms with Crippen molar-refractivity contribution in [3.05, 3.63) is 29.8 Å². The molecule has 0 fully saturated rings. The number of carboxylic acids is 1. The Morgan fingerprint density at radius 3 is 2.47 bits per heavy atom. The molecule has 0 aromatic heterocycles. The lowest BCUT2D eigenvalue weighted by Crippen LogP contribution is -2.11. The molecule has 0 spiro atoms. The normalized spacial score (nSPS) is 12.4. The number of aliphatic hydroxyl groups excluding tert-OH is 1. The van der Waals surface area contributed by atoms with E-state index in [4.69, 9.17) is 10.2 Å². The molecule has 1 aromatic rings. The highest BCUT2D eigenvalue weighted by Crippen LogP contribution is 2.21. The van der Waals surface area contributed by atoms with Crippen molar-refractivity contribution in [1.82, 2.24) is 0 Å². The average Bonchev–Trinajstić information content (AvgIpc) is 2.26. The third-order valence-corrected chi connectivity index (χ3v) is 3.30. The Morgan fingerprint density at radius 2 is 2.00 bits per heavy atom. The van der Waals surface area contributed by atoms with Crippen LogP contribution in [0.2, 0.25) is 0 Å². The molecule has 82 valence electrons. The molecule has 1 rings (SSSR count). The molecule has 0 aliphatic rings.